The van der Waals surface area contributed by atoms with Gasteiger partial charge in [-0.25, -0.2) is 4.79 Å². The van der Waals surface area contributed by atoms with Gasteiger partial charge in [-0.15, -0.1) is 0 Å². The molecule has 0 radical (unpaired) electrons. The molecule has 1 aromatic carbocycles. The number of nitrogens with one attached hydrogen (secondary N) is 1. The first-order chi connectivity index (χ1) is 10.0. The minimum atomic E-state index is -0.970. The van der Waals surface area contributed by atoms with Gasteiger partial charge in [-0.1, -0.05) is 24.3 Å². The Hall–Kier alpha value is -1.88. The molecule has 2 heterocycles. The summed E-state index contributed by atoms with van der Waals surface area (Å²) in [6, 6.07) is 7.36. The van der Waals surface area contributed by atoms with Crippen LogP contribution in [0.3, 0.4) is 0 Å². The number of imide groups is 1. The number of hydrogen-bond acceptors (Lipinski definition) is 3. The average Bonchev–Trinajstić information content (AvgIpc) is 3.03. The Labute approximate surface area is 124 Å². The first-order valence-corrected chi connectivity index (χ1v) is 7.30. The first kappa shape index (κ1) is 14.1. The normalized spacial score (nSPS) is 29.0. The van der Waals surface area contributed by atoms with Crippen molar-refractivity contribution < 1.29 is 14.3 Å². The number of carbonyl (C=O) groups is 2. The zero-order valence-corrected chi connectivity index (χ0v) is 12.4. The molecule has 1 aromatic rings. The van der Waals surface area contributed by atoms with E-state index in [1.54, 1.807) is 6.92 Å². The fourth-order valence-electron chi connectivity index (χ4n) is 3.16. The number of rotatable bonds is 3. The van der Waals surface area contributed by atoms with Gasteiger partial charge in [-0.3, -0.25) is 9.69 Å². The van der Waals surface area contributed by atoms with E-state index in [1.807, 2.05) is 31.2 Å². The standard InChI is InChI=1S/C16H20N2O3/c1-11-5-3-4-6-13(11)16(2)14(19)18(15(20)17-16)9-12-7-8-21-10-12/h3-6,12H,7-10H2,1-2H3,(H,17,20)/t12-,16-/m0/s1. The average molecular weight is 288 g/mol. The highest BCUT2D eigenvalue weighted by Crippen LogP contribution is 2.31. The first-order valence-electron chi connectivity index (χ1n) is 7.30. The van der Waals surface area contributed by atoms with Gasteiger partial charge in [0, 0.05) is 19.1 Å². The lowest BCUT2D eigenvalue weighted by Crippen LogP contribution is -2.42. The number of aryl methyl sites for hydroxylation is 1. The smallest absolute Gasteiger partial charge is 0.325 e. The van der Waals surface area contributed by atoms with Crippen LogP contribution in [0.25, 0.3) is 0 Å². The molecule has 2 aliphatic rings. The molecule has 2 saturated heterocycles. The maximum Gasteiger partial charge on any atom is 0.325 e. The van der Waals surface area contributed by atoms with Crippen LogP contribution in [0.5, 0.6) is 0 Å². The summed E-state index contributed by atoms with van der Waals surface area (Å²) in [4.78, 5) is 26.3. The van der Waals surface area contributed by atoms with Crippen LogP contribution in [0.1, 0.15) is 24.5 Å². The van der Waals surface area contributed by atoms with Crippen LogP contribution >= 0.6 is 0 Å². The minimum absolute atomic E-state index is 0.172. The van der Waals surface area contributed by atoms with E-state index in [1.165, 1.54) is 4.90 Å². The van der Waals surface area contributed by atoms with E-state index in [-0.39, 0.29) is 17.9 Å². The highest BCUT2D eigenvalue weighted by Gasteiger charge is 2.49. The molecule has 3 rings (SSSR count). The molecule has 1 N–H and O–H groups in total. The van der Waals surface area contributed by atoms with Crippen molar-refractivity contribution in [3.8, 4) is 0 Å². The maximum absolute atomic E-state index is 12.8. The van der Waals surface area contributed by atoms with E-state index in [0.29, 0.717) is 19.8 Å². The summed E-state index contributed by atoms with van der Waals surface area (Å²) in [5.74, 6) is 0.0765. The molecule has 5 heteroatoms. The number of nitrogens with zero attached hydrogens (tertiary/aromatic N) is 1. The molecular weight excluding hydrogens is 268 g/mol. The molecule has 0 bridgehead atoms. The Kier molecular flexibility index (Phi) is 3.45. The molecule has 0 saturated carbocycles. The van der Waals surface area contributed by atoms with E-state index >= 15 is 0 Å². The van der Waals surface area contributed by atoms with E-state index in [4.69, 9.17) is 4.74 Å². The summed E-state index contributed by atoms with van der Waals surface area (Å²) in [5.41, 5.74) is 0.884. The lowest BCUT2D eigenvalue weighted by Gasteiger charge is -2.24. The van der Waals surface area contributed by atoms with Crippen molar-refractivity contribution in [2.24, 2.45) is 5.92 Å². The zero-order valence-electron chi connectivity index (χ0n) is 12.4. The molecular formula is C16H20N2O3. The van der Waals surface area contributed by atoms with Crippen LogP contribution in [0.15, 0.2) is 24.3 Å². The summed E-state index contributed by atoms with van der Waals surface area (Å²) < 4.78 is 5.32. The monoisotopic (exact) mass is 288 g/mol. The second-order valence-corrected chi connectivity index (χ2v) is 6.02. The second-order valence-electron chi connectivity index (χ2n) is 6.02. The second kappa shape index (κ2) is 5.15. The largest absolute Gasteiger partial charge is 0.381 e. The van der Waals surface area contributed by atoms with E-state index in [2.05, 4.69) is 5.32 Å². The van der Waals surface area contributed by atoms with Crippen LogP contribution in [0.2, 0.25) is 0 Å². The van der Waals surface area contributed by atoms with Crippen LogP contribution in [-0.4, -0.2) is 36.6 Å². The molecule has 0 aliphatic carbocycles. The summed E-state index contributed by atoms with van der Waals surface area (Å²) in [6.45, 7) is 5.50. The van der Waals surface area contributed by atoms with Gasteiger partial charge in [0.25, 0.3) is 5.91 Å². The quantitative estimate of drug-likeness (QED) is 0.863. The lowest BCUT2D eigenvalue weighted by atomic mass is 9.88. The van der Waals surface area contributed by atoms with Crippen molar-refractivity contribution in [1.82, 2.24) is 10.2 Å². The summed E-state index contributed by atoms with van der Waals surface area (Å²) in [5, 5.41) is 2.86. The fourth-order valence-corrected chi connectivity index (χ4v) is 3.16. The Morgan fingerprint density at radius 1 is 1.38 bits per heavy atom. The molecule has 0 aromatic heterocycles. The molecule has 2 aliphatic heterocycles. The predicted molar refractivity (Wildman–Crippen MR) is 77.7 cm³/mol. The van der Waals surface area contributed by atoms with Crippen molar-refractivity contribution in [3.63, 3.8) is 0 Å². The topological polar surface area (TPSA) is 58.6 Å². The number of amides is 3. The van der Waals surface area contributed by atoms with Gasteiger partial charge in [0.15, 0.2) is 0 Å². The third-order valence-corrected chi connectivity index (χ3v) is 4.42. The molecule has 112 valence electrons. The summed E-state index contributed by atoms with van der Waals surface area (Å²) in [6.07, 6.45) is 0.901. The van der Waals surface area contributed by atoms with E-state index in [0.717, 1.165) is 17.5 Å². The molecule has 0 unspecified atom stereocenters. The van der Waals surface area contributed by atoms with Gasteiger partial charge in [0.2, 0.25) is 0 Å². The summed E-state index contributed by atoms with van der Waals surface area (Å²) >= 11 is 0. The van der Waals surface area contributed by atoms with Crippen molar-refractivity contribution >= 4 is 11.9 Å². The predicted octanol–water partition coefficient (Wildman–Crippen LogP) is 1.80. The molecule has 2 atom stereocenters. The number of benzene rings is 1. The van der Waals surface area contributed by atoms with Crippen molar-refractivity contribution in [1.29, 1.82) is 0 Å². The molecule has 0 spiro atoms. The van der Waals surface area contributed by atoms with Gasteiger partial charge >= 0.3 is 6.03 Å². The van der Waals surface area contributed by atoms with Gasteiger partial charge < -0.3 is 10.1 Å². The SMILES string of the molecule is Cc1ccccc1[C@]1(C)NC(=O)N(C[C@@H]2CCOC2)C1=O. The van der Waals surface area contributed by atoms with Gasteiger partial charge in [-0.2, -0.15) is 0 Å². The minimum Gasteiger partial charge on any atom is -0.381 e. The Morgan fingerprint density at radius 3 is 2.81 bits per heavy atom. The van der Waals surface area contributed by atoms with Crippen molar-refractivity contribution in [2.75, 3.05) is 19.8 Å². The third kappa shape index (κ3) is 2.31. The van der Waals surface area contributed by atoms with Gasteiger partial charge in [0.1, 0.15) is 5.54 Å². The lowest BCUT2D eigenvalue weighted by molar-refractivity contribution is -0.131. The van der Waals surface area contributed by atoms with Crippen molar-refractivity contribution in [2.45, 2.75) is 25.8 Å². The third-order valence-electron chi connectivity index (χ3n) is 4.42. The molecule has 2 fully saturated rings. The number of carbonyl (C=O) groups excluding carboxylic acids is 2. The Morgan fingerprint density at radius 2 is 2.14 bits per heavy atom. The number of urea groups is 1. The number of ether oxygens (including phenoxy) is 1. The fraction of sp³-hybridized carbons (Fsp3) is 0.500. The van der Waals surface area contributed by atoms with Crippen LogP contribution < -0.4 is 5.32 Å². The highest BCUT2D eigenvalue weighted by atomic mass is 16.5. The van der Waals surface area contributed by atoms with Gasteiger partial charge in [0.05, 0.1) is 6.61 Å². The van der Waals surface area contributed by atoms with Crippen molar-refractivity contribution in [3.05, 3.63) is 35.4 Å². The van der Waals surface area contributed by atoms with E-state index in [9.17, 15) is 9.59 Å². The van der Waals surface area contributed by atoms with Crippen LogP contribution in [0.4, 0.5) is 4.79 Å². The maximum atomic E-state index is 12.8. The molecule has 5 nitrogen and oxygen atoms in total. The van der Waals surface area contributed by atoms with Gasteiger partial charge in [-0.05, 0) is 31.4 Å². The summed E-state index contributed by atoms with van der Waals surface area (Å²) in [7, 11) is 0. The Balaban J connectivity index is 1.87. The molecule has 3 amide bonds. The van der Waals surface area contributed by atoms with Crippen LogP contribution in [-0.2, 0) is 15.1 Å². The zero-order chi connectivity index (χ0) is 15.0. The Bertz CT molecular complexity index is 581. The van der Waals surface area contributed by atoms with E-state index < -0.39 is 5.54 Å². The number of hydrogen-bond donors (Lipinski definition) is 1. The highest BCUT2D eigenvalue weighted by molar-refractivity contribution is 6.07. The molecule has 21 heavy (non-hydrogen) atoms. The van der Waals surface area contributed by atoms with Crippen LogP contribution in [0, 0.1) is 12.8 Å².